The second kappa shape index (κ2) is 5.01. The summed E-state index contributed by atoms with van der Waals surface area (Å²) in [6.45, 7) is 6.11. The van der Waals surface area contributed by atoms with Crippen molar-refractivity contribution in [2.24, 2.45) is 11.3 Å². The molecule has 0 amide bonds. The molecule has 0 bridgehead atoms. The summed E-state index contributed by atoms with van der Waals surface area (Å²) in [5.74, 6) is 0.0128. The topological polar surface area (TPSA) is 90.9 Å². The number of carbonyl (C=O) groups is 1. The smallest absolute Gasteiger partial charge is 0.180 e. The molecular formula is C20H24O5. The van der Waals surface area contributed by atoms with Gasteiger partial charge in [0.2, 0.25) is 0 Å². The monoisotopic (exact) mass is 344 g/mol. The van der Waals surface area contributed by atoms with Gasteiger partial charge in [-0.25, -0.2) is 0 Å². The van der Waals surface area contributed by atoms with Crippen molar-refractivity contribution in [3.8, 4) is 11.5 Å². The third-order valence-corrected chi connectivity index (χ3v) is 6.60. The van der Waals surface area contributed by atoms with Gasteiger partial charge in [0.05, 0.1) is 10.9 Å². The maximum Gasteiger partial charge on any atom is 0.180 e. The molecule has 0 spiro atoms. The molecule has 5 heteroatoms. The number of aliphatic hydroxyl groups excluding tert-OH is 1. The van der Waals surface area contributed by atoms with E-state index in [0.29, 0.717) is 12.0 Å². The van der Waals surface area contributed by atoms with E-state index in [4.69, 9.17) is 4.42 Å². The molecule has 2 aliphatic rings. The summed E-state index contributed by atoms with van der Waals surface area (Å²) in [6.07, 6.45) is 3.28. The number of ketones is 1. The van der Waals surface area contributed by atoms with Gasteiger partial charge in [-0.05, 0) is 30.2 Å². The highest BCUT2D eigenvalue weighted by Gasteiger charge is 2.54. The van der Waals surface area contributed by atoms with Crippen LogP contribution in [0.3, 0.4) is 0 Å². The van der Waals surface area contributed by atoms with Crippen LogP contribution in [0.15, 0.2) is 10.5 Å². The van der Waals surface area contributed by atoms with Crippen molar-refractivity contribution in [3.63, 3.8) is 0 Å². The number of rotatable bonds is 1. The Bertz CT molecular complexity index is 891. The second-order valence-electron chi connectivity index (χ2n) is 8.50. The molecule has 4 rings (SSSR count). The number of benzene rings is 1. The van der Waals surface area contributed by atoms with Crippen molar-refractivity contribution < 1.29 is 24.5 Å². The Morgan fingerprint density at radius 1 is 1.20 bits per heavy atom. The summed E-state index contributed by atoms with van der Waals surface area (Å²) in [5.41, 5.74) is 0.486. The first-order chi connectivity index (χ1) is 11.7. The standard InChI is InChI=1S/C20H24O5/c1-19(2)5-4-6-20(3)13(19)8-12(22)14-15(20)17(24)18-11(16(14)23)7-10(9-21)25-18/h7,13,21,23-24H,4-6,8-9H2,1-3H3/t13-,20-/m0/s1. The zero-order valence-corrected chi connectivity index (χ0v) is 14.8. The number of carbonyl (C=O) groups excluding carboxylic acids is 1. The van der Waals surface area contributed by atoms with Gasteiger partial charge in [-0.1, -0.05) is 27.2 Å². The minimum atomic E-state index is -0.396. The Hall–Kier alpha value is -2.01. The first-order valence-corrected chi connectivity index (χ1v) is 8.85. The molecule has 1 heterocycles. The molecule has 0 saturated heterocycles. The van der Waals surface area contributed by atoms with Gasteiger partial charge in [-0.15, -0.1) is 0 Å². The molecule has 1 fully saturated rings. The molecule has 2 atom stereocenters. The van der Waals surface area contributed by atoms with E-state index in [1.165, 1.54) is 6.07 Å². The molecule has 5 nitrogen and oxygen atoms in total. The van der Waals surface area contributed by atoms with Crippen LogP contribution in [0, 0.1) is 11.3 Å². The van der Waals surface area contributed by atoms with Crippen LogP contribution >= 0.6 is 0 Å². The molecule has 1 aromatic carbocycles. The maximum atomic E-state index is 12.9. The van der Waals surface area contributed by atoms with Gasteiger partial charge in [0.1, 0.15) is 18.1 Å². The Morgan fingerprint density at radius 3 is 2.60 bits per heavy atom. The van der Waals surface area contributed by atoms with Crippen molar-refractivity contribution in [3.05, 3.63) is 23.0 Å². The molecule has 1 saturated carbocycles. The van der Waals surface area contributed by atoms with Crippen LogP contribution in [-0.4, -0.2) is 21.1 Å². The summed E-state index contributed by atoms with van der Waals surface area (Å²) >= 11 is 0. The fraction of sp³-hybridized carbons (Fsp3) is 0.550. The minimum absolute atomic E-state index is 0.0171. The van der Waals surface area contributed by atoms with Gasteiger partial charge in [-0.3, -0.25) is 4.79 Å². The third-order valence-electron chi connectivity index (χ3n) is 6.60. The molecule has 0 aliphatic heterocycles. The van der Waals surface area contributed by atoms with Gasteiger partial charge in [0.15, 0.2) is 17.1 Å². The lowest BCUT2D eigenvalue weighted by Gasteiger charge is -2.53. The first-order valence-electron chi connectivity index (χ1n) is 8.85. The van der Waals surface area contributed by atoms with Gasteiger partial charge >= 0.3 is 0 Å². The van der Waals surface area contributed by atoms with E-state index in [0.717, 1.165) is 19.3 Å². The maximum absolute atomic E-state index is 12.9. The third kappa shape index (κ3) is 2.02. The van der Waals surface area contributed by atoms with E-state index < -0.39 is 5.41 Å². The van der Waals surface area contributed by atoms with Crippen molar-refractivity contribution in [2.45, 2.75) is 58.5 Å². The first kappa shape index (κ1) is 16.5. The van der Waals surface area contributed by atoms with E-state index in [1.54, 1.807) is 0 Å². The largest absolute Gasteiger partial charge is 0.506 e. The van der Waals surface area contributed by atoms with E-state index in [-0.39, 0.29) is 57.5 Å². The van der Waals surface area contributed by atoms with Crippen molar-refractivity contribution >= 4 is 16.8 Å². The number of hydrogen-bond donors (Lipinski definition) is 3. The quantitative estimate of drug-likeness (QED) is 0.680. The van der Waals surface area contributed by atoms with E-state index in [9.17, 15) is 20.1 Å². The highest BCUT2D eigenvalue weighted by Crippen LogP contribution is 2.61. The van der Waals surface area contributed by atoms with Gasteiger partial charge < -0.3 is 19.7 Å². The zero-order chi connectivity index (χ0) is 18.1. The molecule has 2 aromatic rings. The number of aliphatic hydroxyl groups is 1. The average molecular weight is 344 g/mol. The predicted molar refractivity (Wildman–Crippen MR) is 92.9 cm³/mol. The Kier molecular flexibility index (Phi) is 3.30. The van der Waals surface area contributed by atoms with Crippen LogP contribution in [-0.2, 0) is 12.0 Å². The van der Waals surface area contributed by atoms with Crippen LogP contribution < -0.4 is 0 Å². The molecule has 2 aliphatic carbocycles. The summed E-state index contributed by atoms with van der Waals surface area (Å²) in [7, 11) is 0. The molecule has 0 radical (unpaired) electrons. The van der Waals surface area contributed by atoms with Crippen molar-refractivity contribution in [1.82, 2.24) is 0 Å². The predicted octanol–water partition coefficient (Wildman–Crippen LogP) is 4.01. The SMILES string of the molecule is CC1(C)CCC[C@]2(C)c3c(c(O)c4cc(CO)oc4c3O)C(=O)C[C@@H]12. The Balaban J connectivity index is 2.08. The minimum Gasteiger partial charge on any atom is -0.506 e. The summed E-state index contributed by atoms with van der Waals surface area (Å²) < 4.78 is 5.54. The van der Waals surface area contributed by atoms with Gasteiger partial charge in [0.25, 0.3) is 0 Å². The van der Waals surface area contributed by atoms with Crippen LogP contribution in [0.25, 0.3) is 11.0 Å². The molecular weight excluding hydrogens is 320 g/mol. The summed E-state index contributed by atoms with van der Waals surface area (Å²) in [6, 6.07) is 1.48. The number of phenols is 2. The molecule has 25 heavy (non-hydrogen) atoms. The molecule has 1 aromatic heterocycles. The Morgan fingerprint density at radius 2 is 1.92 bits per heavy atom. The highest BCUT2D eigenvalue weighted by molar-refractivity contribution is 6.09. The van der Waals surface area contributed by atoms with Crippen LogP contribution in [0.2, 0.25) is 0 Å². The fourth-order valence-corrected chi connectivity index (χ4v) is 5.39. The van der Waals surface area contributed by atoms with Crippen molar-refractivity contribution in [1.29, 1.82) is 0 Å². The van der Waals surface area contributed by atoms with E-state index in [1.807, 2.05) is 0 Å². The van der Waals surface area contributed by atoms with Crippen LogP contribution in [0.1, 0.15) is 68.1 Å². The zero-order valence-electron chi connectivity index (χ0n) is 14.8. The van der Waals surface area contributed by atoms with Crippen molar-refractivity contribution in [2.75, 3.05) is 0 Å². The molecule has 0 unspecified atom stereocenters. The van der Waals surface area contributed by atoms with E-state index in [2.05, 4.69) is 20.8 Å². The molecule has 134 valence electrons. The summed E-state index contributed by atoms with van der Waals surface area (Å²) in [5, 5.41) is 31.3. The number of phenolic OH excluding ortho intramolecular Hbond substituents is 2. The van der Waals surface area contributed by atoms with Gasteiger partial charge in [-0.2, -0.15) is 0 Å². The average Bonchev–Trinajstić information content (AvgIpc) is 2.98. The second-order valence-corrected chi connectivity index (χ2v) is 8.50. The number of hydrogen-bond acceptors (Lipinski definition) is 5. The Labute approximate surface area is 146 Å². The van der Waals surface area contributed by atoms with Crippen LogP contribution in [0.4, 0.5) is 0 Å². The molecule has 3 N–H and O–H groups in total. The lowest BCUT2D eigenvalue weighted by molar-refractivity contribution is 0.0354. The number of aromatic hydroxyl groups is 2. The lowest BCUT2D eigenvalue weighted by Crippen LogP contribution is -2.49. The lowest BCUT2D eigenvalue weighted by atomic mass is 9.50. The fourth-order valence-electron chi connectivity index (χ4n) is 5.39. The van der Waals surface area contributed by atoms with E-state index >= 15 is 0 Å². The highest BCUT2D eigenvalue weighted by atomic mass is 16.4. The number of Topliss-reactive ketones (excluding diaryl/α,β-unsaturated/α-hetero) is 1. The number of fused-ring (bicyclic) bond motifs is 4. The van der Waals surface area contributed by atoms with Gasteiger partial charge in [0, 0.05) is 17.4 Å². The normalized spacial score (nSPS) is 28.0. The number of furan rings is 1. The van der Waals surface area contributed by atoms with Crippen LogP contribution in [0.5, 0.6) is 11.5 Å². The summed E-state index contributed by atoms with van der Waals surface area (Å²) in [4.78, 5) is 12.9.